The topological polar surface area (TPSA) is 132 Å². The lowest BCUT2D eigenvalue weighted by molar-refractivity contribution is -0.117. The lowest BCUT2D eigenvalue weighted by Gasteiger charge is -2.13. The Morgan fingerprint density at radius 1 is 1.22 bits per heavy atom. The van der Waals surface area contributed by atoms with E-state index in [1.165, 1.54) is 30.6 Å². The molecule has 0 saturated heterocycles. The highest BCUT2D eigenvalue weighted by Gasteiger charge is 2.14. The zero-order valence-electron chi connectivity index (χ0n) is 17.1. The Bertz CT molecular complexity index is 1140. The van der Waals surface area contributed by atoms with Crippen LogP contribution in [0.4, 0.5) is 21.8 Å². The zero-order valence-corrected chi connectivity index (χ0v) is 17.8. The van der Waals surface area contributed by atoms with Gasteiger partial charge in [-0.15, -0.1) is 0 Å². The molecule has 11 heteroatoms. The highest BCUT2D eigenvalue weighted by molar-refractivity contribution is 6.31. The van der Waals surface area contributed by atoms with Gasteiger partial charge in [0.2, 0.25) is 11.9 Å². The maximum absolute atomic E-state index is 13.4. The molecule has 2 aromatic heterocycles. The maximum Gasteiger partial charge on any atom is 0.339 e. The van der Waals surface area contributed by atoms with Crippen LogP contribution in [-0.2, 0) is 9.53 Å². The number of hydrogen-bond donors (Lipinski definition) is 3. The van der Waals surface area contributed by atoms with Gasteiger partial charge in [-0.1, -0.05) is 11.6 Å². The van der Waals surface area contributed by atoms with Gasteiger partial charge in [-0.25, -0.2) is 14.2 Å². The number of anilines is 3. The van der Waals surface area contributed by atoms with Gasteiger partial charge in [0, 0.05) is 48.4 Å². The number of amides is 1. The molecule has 9 nitrogen and oxygen atoms in total. The molecule has 1 aromatic carbocycles. The maximum atomic E-state index is 13.4. The van der Waals surface area contributed by atoms with Gasteiger partial charge < -0.3 is 21.1 Å². The number of rotatable bonds is 9. The minimum atomic E-state index is -0.545. The summed E-state index contributed by atoms with van der Waals surface area (Å²) in [5, 5.41) is 5.94. The van der Waals surface area contributed by atoms with Gasteiger partial charge >= 0.3 is 5.97 Å². The highest BCUT2D eigenvalue weighted by atomic mass is 35.5. The Balaban J connectivity index is 1.94. The van der Waals surface area contributed by atoms with Crippen molar-refractivity contribution in [1.29, 1.82) is 0 Å². The van der Waals surface area contributed by atoms with Crippen molar-refractivity contribution >= 4 is 40.9 Å². The summed E-state index contributed by atoms with van der Waals surface area (Å²) in [5.41, 5.74) is 7.08. The number of nitrogens with one attached hydrogen (secondary N) is 2. The van der Waals surface area contributed by atoms with Crippen LogP contribution in [0.15, 0.2) is 42.9 Å². The Morgan fingerprint density at radius 2 is 2.03 bits per heavy atom. The number of nitrogens with two attached hydrogens (primary N) is 1. The van der Waals surface area contributed by atoms with Gasteiger partial charge in [0.05, 0.1) is 17.2 Å². The molecule has 0 aliphatic heterocycles. The van der Waals surface area contributed by atoms with Crippen LogP contribution in [0, 0.1) is 5.82 Å². The fourth-order valence-electron chi connectivity index (χ4n) is 2.71. The van der Waals surface area contributed by atoms with Crippen LogP contribution < -0.4 is 16.4 Å². The summed E-state index contributed by atoms with van der Waals surface area (Å²) in [4.78, 5) is 36.0. The average molecular weight is 459 g/mol. The summed E-state index contributed by atoms with van der Waals surface area (Å²) < 4.78 is 18.4. The van der Waals surface area contributed by atoms with E-state index in [1.54, 1.807) is 19.2 Å². The zero-order chi connectivity index (χ0) is 23.1. The second-order valence-corrected chi connectivity index (χ2v) is 6.94. The van der Waals surface area contributed by atoms with Crippen LogP contribution in [0.3, 0.4) is 0 Å². The molecule has 0 aliphatic rings. The molecule has 0 aliphatic carbocycles. The largest absolute Gasteiger partial charge is 0.462 e. The molecular weight excluding hydrogens is 439 g/mol. The first-order valence-corrected chi connectivity index (χ1v) is 9.99. The lowest BCUT2D eigenvalue weighted by atomic mass is 10.1. The van der Waals surface area contributed by atoms with E-state index in [4.69, 9.17) is 22.1 Å². The second kappa shape index (κ2) is 10.5. The number of benzene rings is 1. The van der Waals surface area contributed by atoms with E-state index in [2.05, 4.69) is 25.6 Å². The lowest BCUT2D eigenvalue weighted by Crippen LogP contribution is -2.17. The molecular formula is C21H20ClFN6O3. The minimum Gasteiger partial charge on any atom is -0.462 e. The smallest absolute Gasteiger partial charge is 0.339 e. The molecule has 0 atom stereocenters. The molecule has 32 heavy (non-hydrogen) atoms. The first-order chi connectivity index (χ1) is 15.4. The van der Waals surface area contributed by atoms with Crippen LogP contribution in [0.25, 0.3) is 11.1 Å². The van der Waals surface area contributed by atoms with Gasteiger partial charge in [0.15, 0.2) is 0 Å². The Morgan fingerprint density at radius 3 is 2.75 bits per heavy atom. The summed E-state index contributed by atoms with van der Waals surface area (Å²) in [6.45, 7) is 2.18. The van der Waals surface area contributed by atoms with Gasteiger partial charge in [-0.2, -0.15) is 4.98 Å². The number of hydrogen-bond acceptors (Lipinski definition) is 8. The van der Waals surface area contributed by atoms with E-state index in [0.29, 0.717) is 22.6 Å². The summed E-state index contributed by atoms with van der Waals surface area (Å²) in [7, 11) is 0. The third kappa shape index (κ3) is 5.88. The SMILES string of the molecule is CCOC(=O)c1cncc(-c2cnc(Nc3ccc(F)c(Cl)c3)nc2NCCC(N)=O)c1. The van der Waals surface area contributed by atoms with Gasteiger partial charge in [0.1, 0.15) is 11.6 Å². The van der Waals surface area contributed by atoms with E-state index in [-0.39, 0.29) is 36.1 Å². The van der Waals surface area contributed by atoms with Crippen molar-refractivity contribution in [3.8, 4) is 11.1 Å². The number of carbonyl (C=O) groups is 2. The molecule has 1 amide bonds. The minimum absolute atomic E-state index is 0.0479. The number of aromatic nitrogens is 3. The van der Waals surface area contributed by atoms with Crippen LogP contribution in [-0.4, -0.2) is 40.0 Å². The Kier molecular flexibility index (Phi) is 7.50. The van der Waals surface area contributed by atoms with E-state index < -0.39 is 17.7 Å². The monoisotopic (exact) mass is 458 g/mol. The average Bonchev–Trinajstić information content (AvgIpc) is 2.76. The molecule has 2 heterocycles. The fraction of sp³-hybridized carbons (Fsp3) is 0.190. The summed E-state index contributed by atoms with van der Waals surface area (Å²) in [5.74, 6) is -0.945. The third-order valence-corrected chi connectivity index (χ3v) is 4.48. The molecule has 0 bridgehead atoms. The standard InChI is InChI=1S/C21H20ClFN6O3/c1-2-32-20(31)13-7-12(9-25-10-13)15-11-27-21(29-19(15)26-6-5-18(24)30)28-14-3-4-17(23)16(22)8-14/h3-4,7-11H,2,5-6H2,1H3,(H2,24,30)(H2,26,27,28,29). The van der Waals surface area contributed by atoms with Crippen molar-refractivity contribution in [3.63, 3.8) is 0 Å². The van der Waals surface area contributed by atoms with E-state index in [9.17, 15) is 14.0 Å². The molecule has 4 N–H and O–H groups in total. The predicted octanol–water partition coefficient (Wildman–Crippen LogP) is 3.54. The first kappa shape index (κ1) is 22.9. The third-order valence-electron chi connectivity index (χ3n) is 4.19. The predicted molar refractivity (Wildman–Crippen MR) is 118 cm³/mol. The Hall–Kier alpha value is -3.79. The van der Waals surface area contributed by atoms with Crippen molar-refractivity contribution < 1.29 is 18.7 Å². The van der Waals surface area contributed by atoms with Crippen LogP contribution in [0.1, 0.15) is 23.7 Å². The molecule has 0 spiro atoms. The normalized spacial score (nSPS) is 10.5. The van der Waals surface area contributed by atoms with E-state index in [1.807, 2.05) is 0 Å². The molecule has 0 unspecified atom stereocenters. The van der Waals surface area contributed by atoms with Crippen LogP contribution in [0.2, 0.25) is 5.02 Å². The molecule has 0 radical (unpaired) electrons. The summed E-state index contributed by atoms with van der Waals surface area (Å²) in [6.07, 6.45) is 4.56. The van der Waals surface area contributed by atoms with Crippen molar-refractivity contribution in [2.45, 2.75) is 13.3 Å². The number of carbonyl (C=O) groups excluding carboxylic acids is 2. The van der Waals surface area contributed by atoms with Crippen molar-refractivity contribution in [1.82, 2.24) is 15.0 Å². The van der Waals surface area contributed by atoms with E-state index in [0.717, 1.165) is 0 Å². The Labute approximate surface area is 188 Å². The molecule has 0 fully saturated rings. The number of ether oxygens (including phenoxy) is 1. The second-order valence-electron chi connectivity index (χ2n) is 6.54. The van der Waals surface area contributed by atoms with Gasteiger partial charge in [-0.05, 0) is 31.2 Å². The quantitative estimate of drug-likeness (QED) is 0.415. The molecule has 166 valence electrons. The van der Waals surface area contributed by atoms with Crippen LogP contribution >= 0.6 is 11.6 Å². The molecule has 3 rings (SSSR count). The van der Waals surface area contributed by atoms with Crippen LogP contribution in [0.5, 0.6) is 0 Å². The van der Waals surface area contributed by atoms with Gasteiger partial charge in [0.25, 0.3) is 0 Å². The summed E-state index contributed by atoms with van der Waals surface area (Å²) >= 11 is 5.82. The molecule has 3 aromatic rings. The van der Waals surface area contributed by atoms with Crippen molar-refractivity contribution in [3.05, 3.63) is 59.3 Å². The number of halogens is 2. The first-order valence-electron chi connectivity index (χ1n) is 9.61. The van der Waals surface area contributed by atoms with E-state index >= 15 is 0 Å². The summed E-state index contributed by atoms with van der Waals surface area (Å²) in [6, 6.07) is 5.72. The van der Waals surface area contributed by atoms with Crippen molar-refractivity contribution in [2.24, 2.45) is 5.73 Å². The number of nitrogens with zero attached hydrogens (tertiary/aromatic N) is 3. The molecule has 0 saturated carbocycles. The highest BCUT2D eigenvalue weighted by Crippen LogP contribution is 2.28. The number of pyridine rings is 1. The van der Waals surface area contributed by atoms with Gasteiger partial charge in [-0.3, -0.25) is 9.78 Å². The number of esters is 1. The fourth-order valence-corrected chi connectivity index (χ4v) is 2.89. The van der Waals surface area contributed by atoms with Crippen molar-refractivity contribution in [2.75, 3.05) is 23.8 Å². The number of primary amides is 1.